The van der Waals surface area contributed by atoms with E-state index in [1.54, 1.807) is 41.3 Å². The number of fused-ring (bicyclic) bond motifs is 3. The maximum absolute atomic E-state index is 14.1. The van der Waals surface area contributed by atoms with Crippen LogP contribution in [0, 0.1) is 11.8 Å². The second-order valence-corrected chi connectivity index (χ2v) is 13.7. The second kappa shape index (κ2) is 13.4. The van der Waals surface area contributed by atoms with Gasteiger partial charge in [-0.2, -0.15) is 0 Å². The molecule has 4 unspecified atom stereocenters. The summed E-state index contributed by atoms with van der Waals surface area (Å²) in [7, 11) is 0. The summed E-state index contributed by atoms with van der Waals surface area (Å²) >= 11 is 13.1. The fourth-order valence-corrected chi connectivity index (χ4v) is 8.67. The molecular formula is C34H38Cl2N4O6. The molecule has 5 heterocycles. The molecule has 0 saturated carbocycles. The van der Waals surface area contributed by atoms with Gasteiger partial charge in [0.2, 0.25) is 5.91 Å². The molecule has 4 fully saturated rings. The number of carboxylic acid groups (broad SMARTS) is 2. The van der Waals surface area contributed by atoms with Crippen molar-refractivity contribution in [2.75, 3.05) is 45.8 Å². The van der Waals surface area contributed by atoms with Crippen molar-refractivity contribution in [2.24, 2.45) is 11.8 Å². The first kappa shape index (κ1) is 32.5. The topological polar surface area (TPSA) is 130 Å². The van der Waals surface area contributed by atoms with Crippen LogP contribution in [0.1, 0.15) is 47.5 Å². The van der Waals surface area contributed by atoms with Crippen LogP contribution >= 0.6 is 23.2 Å². The number of hydrogen-bond donors (Lipinski definition) is 3. The maximum atomic E-state index is 14.1. The summed E-state index contributed by atoms with van der Waals surface area (Å²) < 4.78 is 0. The molecule has 3 N–H and O–H groups in total. The normalized spacial score (nSPS) is 29.5. The molecule has 1 amide bonds. The molecule has 2 aromatic rings. The van der Waals surface area contributed by atoms with Gasteiger partial charge in [-0.3, -0.25) is 19.3 Å². The standard InChI is InChI=1S/C34H38Cl2N4O6/c35-24-7-4-8-25(36)30(24)29-23(32(43)44)19-37-34(31(29)33(45)46,17-27(41)22-5-2-1-3-6-22)18-28(42)40-15-13-39(14-16-40)26-20-38-11-9-21(26)10-12-38/h1-8,19,21,26,29,31,37H,9-18,20H2,(H,43,44)(H,45,46). The zero-order valence-corrected chi connectivity index (χ0v) is 26.9. The van der Waals surface area contributed by atoms with Crippen molar-refractivity contribution in [3.8, 4) is 0 Å². The van der Waals surface area contributed by atoms with E-state index < -0.39 is 29.3 Å². The monoisotopic (exact) mass is 668 g/mol. The molecule has 0 aliphatic carbocycles. The van der Waals surface area contributed by atoms with Crippen molar-refractivity contribution in [3.63, 3.8) is 0 Å². The number of piperidine rings is 3. The molecule has 0 spiro atoms. The molecule has 4 atom stereocenters. The van der Waals surface area contributed by atoms with E-state index in [1.807, 2.05) is 0 Å². The number of piperazine rings is 1. The van der Waals surface area contributed by atoms with Gasteiger partial charge in [0.25, 0.3) is 0 Å². The van der Waals surface area contributed by atoms with Crippen molar-refractivity contribution < 1.29 is 29.4 Å². The van der Waals surface area contributed by atoms with E-state index in [0.29, 0.717) is 43.7 Å². The number of nitrogens with one attached hydrogen (secondary N) is 1. The van der Waals surface area contributed by atoms with E-state index in [4.69, 9.17) is 23.2 Å². The number of halogens is 2. The van der Waals surface area contributed by atoms with Crippen LogP contribution in [-0.2, 0) is 14.4 Å². The van der Waals surface area contributed by atoms with E-state index in [0.717, 1.165) is 19.6 Å². The molecule has 244 valence electrons. The Bertz CT molecular complexity index is 1520. The molecular weight excluding hydrogens is 631 g/mol. The Morgan fingerprint density at radius 3 is 2.07 bits per heavy atom. The van der Waals surface area contributed by atoms with Crippen LogP contribution in [0.2, 0.25) is 10.0 Å². The SMILES string of the molecule is O=C(O)C1=CNC(CC(=O)c2ccccc2)(CC(=O)N2CCN(C3CN4CCC3CC4)CC2)C(C(=O)O)C1c1c(Cl)cccc1Cl. The third-order valence-corrected chi connectivity index (χ3v) is 11.1. The Labute approximate surface area is 277 Å². The highest BCUT2D eigenvalue weighted by Crippen LogP contribution is 2.49. The lowest BCUT2D eigenvalue weighted by Gasteiger charge is -2.51. The minimum Gasteiger partial charge on any atom is -0.481 e. The van der Waals surface area contributed by atoms with E-state index in [2.05, 4.69) is 15.1 Å². The molecule has 5 aliphatic heterocycles. The Morgan fingerprint density at radius 2 is 1.50 bits per heavy atom. The molecule has 10 nitrogen and oxygen atoms in total. The molecule has 4 saturated heterocycles. The van der Waals surface area contributed by atoms with Crippen molar-refractivity contribution in [1.29, 1.82) is 0 Å². The van der Waals surface area contributed by atoms with Crippen LogP contribution in [0.5, 0.6) is 0 Å². The minimum atomic E-state index is -1.69. The van der Waals surface area contributed by atoms with Gasteiger partial charge in [0, 0.05) is 72.9 Å². The number of amides is 1. The van der Waals surface area contributed by atoms with Gasteiger partial charge >= 0.3 is 11.9 Å². The van der Waals surface area contributed by atoms with Gasteiger partial charge in [0.05, 0.1) is 23.5 Å². The first-order valence-corrected chi connectivity index (χ1v) is 16.5. The summed E-state index contributed by atoms with van der Waals surface area (Å²) in [6, 6.07) is 13.5. The summed E-state index contributed by atoms with van der Waals surface area (Å²) in [5.74, 6) is -5.67. The van der Waals surface area contributed by atoms with Crippen molar-refractivity contribution in [2.45, 2.75) is 43.2 Å². The van der Waals surface area contributed by atoms with Crippen molar-refractivity contribution in [1.82, 2.24) is 20.0 Å². The highest BCUT2D eigenvalue weighted by Gasteiger charge is 2.55. The lowest BCUT2D eigenvalue weighted by atomic mass is 9.64. The molecule has 0 radical (unpaired) electrons. The molecule has 7 rings (SSSR count). The number of carboxylic acids is 2. The third-order valence-electron chi connectivity index (χ3n) is 10.4. The summed E-state index contributed by atoms with van der Waals surface area (Å²) in [6.45, 7) is 5.76. The number of aliphatic carboxylic acids is 2. The molecule has 12 heteroatoms. The average Bonchev–Trinajstić information content (AvgIpc) is 3.05. The summed E-state index contributed by atoms with van der Waals surface area (Å²) in [6.07, 6.45) is 2.90. The number of rotatable bonds is 9. The first-order chi connectivity index (χ1) is 22.1. The fourth-order valence-electron chi connectivity index (χ4n) is 8.03. The minimum absolute atomic E-state index is 0.0938. The first-order valence-electron chi connectivity index (χ1n) is 15.8. The molecule has 46 heavy (non-hydrogen) atoms. The van der Waals surface area contributed by atoms with Crippen LogP contribution in [0.25, 0.3) is 0 Å². The zero-order chi connectivity index (χ0) is 32.6. The Hall–Kier alpha value is -3.44. The third kappa shape index (κ3) is 6.28. The van der Waals surface area contributed by atoms with Gasteiger partial charge in [0.15, 0.2) is 5.78 Å². The van der Waals surface area contributed by atoms with Crippen LogP contribution < -0.4 is 5.32 Å². The number of benzene rings is 2. The predicted octanol–water partition coefficient (Wildman–Crippen LogP) is 3.99. The van der Waals surface area contributed by atoms with Gasteiger partial charge in [0.1, 0.15) is 0 Å². The summed E-state index contributed by atoms with van der Waals surface area (Å²) in [5, 5.41) is 24.2. The summed E-state index contributed by atoms with van der Waals surface area (Å²) in [5.41, 5.74) is -1.48. The molecule has 2 aromatic carbocycles. The van der Waals surface area contributed by atoms with E-state index in [9.17, 15) is 29.4 Å². The summed E-state index contributed by atoms with van der Waals surface area (Å²) in [4.78, 5) is 60.4. The van der Waals surface area contributed by atoms with E-state index >= 15 is 0 Å². The Kier molecular flexibility index (Phi) is 9.43. The van der Waals surface area contributed by atoms with Gasteiger partial charge in [-0.05, 0) is 49.5 Å². The number of nitrogens with zero attached hydrogens (tertiary/aromatic N) is 3. The van der Waals surface area contributed by atoms with Crippen molar-refractivity contribution in [3.05, 3.63) is 81.5 Å². The Balaban J connectivity index is 1.33. The van der Waals surface area contributed by atoms with E-state index in [1.165, 1.54) is 31.2 Å². The quantitative estimate of drug-likeness (QED) is 0.340. The Morgan fingerprint density at radius 1 is 0.848 bits per heavy atom. The number of hydrogen-bond acceptors (Lipinski definition) is 7. The van der Waals surface area contributed by atoms with E-state index in [-0.39, 0.29) is 45.7 Å². The van der Waals surface area contributed by atoms with Crippen LogP contribution in [-0.4, -0.2) is 106 Å². The lowest BCUT2D eigenvalue weighted by Crippen LogP contribution is -2.63. The van der Waals surface area contributed by atoms with Gasteiger partial charge in [-0.15, -0.1) is 0 Å². The van der Waals surface area contributed by atoms with Crippen LogP contribution in [0.4, 0.5) is 0 Å². The van der Waals surface area contributed by atoms with Gasteiger partial charge in [-0.25, -0.2) is 4.79 Å². The molecule has 0 aromatic heterocycles. The smallest absolute Gasteiger partial charge is 0.333 e. The molecule has 2 bridgehead atoms. The molecule has 5 aliphatic rings. The van der Waals surface area contributed by atoms with Gasteiger partial charge < -0.3 is 25.3 Å². The van der Waals surface area contributed by atoms with Crippen LogP contribution in [0.3, 0.4) is 0 Å². The maximum Gasteiger partial charge on any atom is 0.333 e. The average molecular weight is 670 g/mol. The fraction of sp³-hybridized carbons (Fsp3) is 0.471. The number of Topliss-reactive ketones (excluding diaryl/α,β-unsaturated/α-hetero) is 1. The number of carbonyl (C=O) groups excluding carboxylic acids is 2. The lowest BCUT2D eigenvalue weighted by molar-refractivity contribution is -0.147. The number of carbonyl (C=O) groups is 4. The number of ketones is 1. The highest BCUT2D eigenvalue weighted by atomic mass is 35.5. The largest absolute Gasteiger partial charge is 0.481 e. The van der Waals surface area contributed by atoms with Crippen molar-refractivity contribution >= 4 is 46.8 Å². The zero-order valence-electron chi connectivity index (χ0n) is 25.4. The second-order valence-electron chi connectivity index (χ2n) is 12.9. The van der Waals surface area contributed by atoms with Gasteiger partial charge in [-0.1, -0.05) is 59.6 Å². The highest BCUT2D eigenvalue weighted by molar-refractivity contribution is 6.36. The predicted molar refractivity (Wildman–Crippen MR) is 173 cm³/mol. The van der Waals surface area contributed by atoms with Crippen LogP contribution in [0.15, 0.2) is 60.3 Å².